The molecule has 62 heavy (non-hydrogen) atoms. The van der Waals surface area contributed by atoms with Crippen LogP contribution in [0.2, 0.25) is 0 Å². The summed E-state index contributed by atoms with van der Waals surface area (Å²) in [6.45, 7) is 12.1. The summed E-state index contributed by atoms with van der Waals surface area (Å²) in [5.41, 5.74) is 10.3. The number of pyridine rings is 2. The van der Waals surface area contributed by atoms with Gasteiger partial charge in [0, 0.05) is 36.0 Å². The molecule has 0 fully saturated rings. The predicted molar refractivity (Wildman–Crippen MR) is 227 cm³/mol. The maximum Gasteiger partial charge on any atom is 0.411 e. The smallest absolute Gasteiger partial charge is 0.411 e. The van der Waals surface area contributed by atoms with E-state index in [2.05, 4.69) is 17.2 Å². The number of rotatable bonds is 14. The molecule has 4 aromatic rings. The number of aryl methyl sites for hydroxylation is 1. The summed E-state index contributed by atoms with van der Waals surface area (Å²) in [6.07, 6.45) is 0.580. The number of hydrogen-bond donors (Lipinski definition) is 4. The number of halogens is 1. The summed E-state index contributed by atoms with van der Waals surface area (Å²) in [5, 5.41) is 18.0. The van der Waals surface area contributed by atoms with Gasteiger partial charge in [0.15, 0.2) is 5.78 Å². The van der Waals surface area contributed by atoms with Gasteiger partial charge in [-0.3, -0.25) is 24.1 Å². The van der Waals surface area contributed by atoms with Crippen molar-refractivity contribution in [3.63, 3.8) is 0 Å². The van der Waals surface area contributed by atoms with E-state index < -0.39 is 41.5 Å². The molecule has 0 unspecified atom stereocenters. The zero-order chi connectivity index (χ0) is 44.8. The van der Waals surface area contributed by atoms with Crippen molar-refractivity contribution in [1.82, 2.24) is 25.1 Å². The number of hydrogen-bond acceptors (Lipinski definition) is 11. The van der Waals surface area contributed by atoms with E-state index in [1.54, 1.807) is 55.7 Å². The quantitative estimate of drug-likeness (QED) is 0.115. The lowest BCUT2D eigenvalue weighted by molar-refractivity contribution is -0.128. The Morgan fingerprint density at radius 3 is 2.53 bits per heavy atom. The van der Waals surface area contributed by atoms with Crippen molar-refractivity contribution in [2.75, 3.05) is 20.4 Å². The van der Waals surface area contributed by atoms with Crippen LogP contribution in [0.5, 0.6) is 0 Å². The molecule has 2 aromatic carbocycles. The van der Waals surface area contributed by atoms with Crippen LogP contribution in [0.4, 0.5) is 9.18 Å². The maximum absolute atomic E-state index is 15.3. The van der Waals surface area contributed by atoms with Crippen LogP contribution >= 0.6 is 0 Å². The molecule has 16 heteroatoms. The Balaban J connectivity index is 0.975. The lowest BCUT2D eigenvalue weighted by Gasteiger charge is -2.35. The van der Waals surface area contributed by atoms with Crippen LogP contribution in [0.3, 0.4) is 0 Å². The molecule has 0 saturated heterocycles. The molecule has 328 valence electrons. The summed E-state index contributed by atoms with van der Waals surface area (Å²) in [4.78, 5) is 71.3. The fourth-order valence-corrected chi connectivity index (χ4v) is 8.43. The van der Waals surface area contributed by atoms with Crippen LogP contribution in [0.1, 0.15) is 91.1 Å². The summed E-state index contributed by atoms with van der Waals surface area (Å²) < 4.78 is 33.6. The average molecular weight is 853 g/mol. The van der Waals surface area contributed by atoms with Gasteiger partial charge in [-0.2, -0.15) is 0 Å². The molecule has 0 radical (unpaired) electrons. The monoisotopic (exact) mass is 852 g/mol. The lowest BCUT2D eigenvalue weighted by Crippen LogP contribution is -2.49. The van der Waals surface area contributed by atoms with E-state index in [9.17, 15) is 29.1 Å². The average Bonchev–Trinajstić information content (AvgIpc) is 3.62. The van der Waals surface area contributed by atoms with E-state index in [0.717, 1.165) is 27.6 Å². The van der Waals surface area contributed by atoms with Gasteiger partial charge >= 0.3 is 6.09 Å². The van der Waals surface area contributed by atoms with Crippen LogP contribution in [0.25, 0.3) is 22.3 Å². The first-order valence-electron chi connectivity index (χ1n) is 20.8. The van der Waals surface area contributed by atoms with Gasteiger partial charge in [0.05, 0.1) is 47.1 Å². The van der Waals surface area contributed by atoms with Gasteiger partial charge in [0.1, 0.15) is 43.7 Å². The number of nitrogens with one attached hydrogen (secondary N) is 2. The molecule has 4 heterocycles. The molecular formula is C46H53FN6O9. The number of Topliss-reactive ketones (excluding diaryl/α,β-unsaturated/α-hetero) is 1. The number of nitrogens with two attached hydrogens (primary N) is 1. The first-order chi connectivity index (χ1) is 29.4. The molecule has 5 N–H and O–H groups in total. The van der Waals surface area contributed by atoms with Crippen LogP contribution in [0.15, 0.2) is 53.5 Å². The van der Waals surface area contributed by atoms with E-state index in [4.69, 9.17) is 24.9 Å². The number of carbonyl (C=O) groups is 4. The maximum atomic E-state index is 15.3. The molecule has 0 saturated carbocycles. The Bertz CT molecular complexity index is 2560. The first-order valence-corrected chi connectivity index (χ1v) is 20.8. The molecule has 3 amide bonds. The number of ketones is 1. The van der Waals surface area contributed by atoms with Crippen molar-refractivity contribution in [3.8, 4) is 11.4 Å². The summed E-state index contributed by atoms with van der Waals surface area (Å²) in [6, 6.07) is 8.19. The van der Waals surface area contributed by atoms with Gasteiger partial charge in [0.25, 0.3) is 5.56 Å². The normalized spacial score (nSPS) is 18.3. The molecule has 0 bridgehead atoms. The van der Waals surface area contributed by atoms with Gasteiger partial charge in [-0.05, 0) is 72.9 Å². The summed E-state index contributed by atoms with van der Waals surface area (Å²) in [7, 11) is 1.47. The summed E-state index contributed by atoms with van der Waals surface area (Å²) in [5.74, 6) is -1.30. The van der Waals surface area contributed by atoms with Crippen LogP contribution < -0.4 is 21.9 Å². The van der Waals surface area contributed by atoms with E-state index >= 15 is 4.39 Å². The number of fused-ring (bicyclic) bond motifs is 5. The Morgan fingerprint density at radius 2 is 1.84 bits per heavy atom. The second kappa shape index (κ2) is 17.4. The minimum absolute atomic E-state index is 0.0355. The van der Waals surface area contributed by atoms with Gasteiger partial charge in [-0.15, -0.1) is 0 Å². The molecule has 7 rings (SSSR count). The number of aromatic nitrogens is 2. The highest BCUT2D eigenvalue weighted by molar-refractivity contribution is 5.94. The molecule has 2 aromatic heterocycles. The highest BCUT2D eigenvalue weighted by atomic mass is 19.1. The van der Waals surface area contributed by atoms with Gasteiger partial charge in [-0.25, -0.2) is 14.2 Å². The molecule has 2 aliphatic heterocycles. The van der Waals surface area contributed by atoms with E-state index in [-0.39, 0.29) is 74.9 Å². The SMILES string of the molecule is C=C1OCc2c(cc3n(c2=O)Cc2c-3nc3cc(F)c(C)c4c3c2[C@@H](NC(=O)COCN(C)C(=O)OCc2ccc(CC(=O)[C@H](C)NC(=O)[C@@H](N)C(C)C)cc2)CC4)[C@@]1(O)CC. The van der Waals surface area contributed by atoms with Crippen molar-refractivity contribution in [2.45, 2.75) is 104 Å². The standard InChI is InChI=1S/C46H53FN6O9/c1-8-46(59)26(6)61-20-31-32(46)16-36-42-30(18-53(36)44(31)57)40-34(14-13-29-24(4)33(47)17-35(51-42)39(29)40)50-38(55)21-60-22-52(7)45(58)62-19-28-11-9-27(10-12-28)15-37(54)25(5)49-43(56)41(48)23(2)3/h9-12,16-17,23,25,34,41,59H,6,8,13-15,18-22,48H2,1-5,7H3,(H,49,56)(H,50,55)/t25-,34-,41-,46+/m0/s1. The minimum atomic E-state index is -1.57. The molecule has 15 nitrogen and oxygen atoms in total. The van der Waals surface area contributed by atoms with Crippen LogP contribution in [0, 0.1) is 18.7 Å². The zero-order valence-corrected chi connectivity index (χ0v) is 35.9. The van der Waals surface area contributed by atoms with E-state index in [1.165, 1.54) is 18.0 Å². The molecule has 4 atom stereocenters. The number of nitrogens with zero attached hydrogens (tertiary/aromatic N) is 3. The number of carbonyl (C=O) groups excluding carboxylic acids is 4. The lowest BCUT2D eigenvalue weighted by atomic mass is 9.81. The second-order valence-electron chi connectivity index (χ2n) is 16.8. The Morgan fingerprint density at radius 1 is 1.13 bits per heavy atom. The van der Waals surface area contributed by atoms with Crippen molar-refractivity contribution in [1.29, 1.82) is 0 Å². The highest BCUT2D eigenvalue weighted by Gasteiger charge is 2.42. The zero-order valence-electron chi connectivity index (χ0n) is 35.9. The number of amides is 3. The summed E-state index contributed by atoms with van der Waals surface area (Å²) >= 11 is 0. The fourth-order valence-electron chi connectivity index (χ4n) is 8.43. The van der Waals surface area contributed by atoms with Crippen molar-refractivity contribution >= 4 is 34.6 Å². The van der Waals surface area contributed by atoms with Gasteiger partial charge in [-0.1, -0.05) is 51.6 Å². The number of aliphatic hydroxyl groups is 1. The van der Waals surface area contributed by atoms with Gasteiger partial charge in [0.2, 0.25) is 11.8 Å². The molecule has 1 aliphatic carbocycles. The fraction of sp³-hybridized carbons (Fsp3) is 0.435. The van der Waals surface area contributed by atoms with Crippen LogP contribution in [-0.2, 0) is 66.8 Å². The molecule has 3 aliphatic rings. The Kier molecular flexibility index (Phi) is 12.4. The molecular weight excluding hydrogens is 800 g/mol. The number of ether oxygens (including phenoxy) is 3. The third-order valence-electron chi connectivity index (χ3n) is 12.3. The van der Waals surface area contributed by atoms with Crippen molar-refractivity contribution in [2.24, 2.45) is 11.7 Å². The van der Waals surface area contributed by atoms with Crippen LogP contribution in [-0.4, -0.2) is 75.7 Å². The largest absolute Gasteiger partial charge is 0.490 e. The van der Waals surface area contributed by atoms with E-state index in [1.807, 2.05) is 13.8 Å². The van der Waals surface area contributed by atoms with Crippen molar-refractivity contribution < 1.29 is 42.9 Å². The Labute approximate surface area is 358 Å². The third kappa shape index (κ3) is 8.21. The highest BCUT2D eigenvalue weighted by Crippen LogP contribution is 2.46. The second-order valence-corrected chi connectivity index (χ2v) is 16.8. The van der Waals surface area contributed by atoms with Gasteiger partial charge < -0.3 is 40.3 Å². The predicted octanol–water partition coefficient (Wildman–Crippen LogP) is 4.46. The minimum Gasteiger partial charge on any atom is -0.490 e. The van der Waals surface area contributed by atoms with Crippen molar-refractivity contribution in [3.05, 3.63) is 109 Å². The molecule has 0 spiro atoms. The third-order valence-corrected chi connectivity index (χ3v) is 12.3. The number of benzene rings is 2. The Hall–Kier alpha value is -5.97. The van der Waals surface area contributed by atoms with E-state index in [0.29, 0.717) is 52.0 Å². The topological polar surface area (TPSA) is 204 Å². The first kappa shape index (κ1) is 44.1.